The second-order valence-corrected chi connectivity index (χ2v) is 7.78. The van der Waals surface area contributed by atoms with E-state index in [2.05, 4.69) is 15.0 Å². The molecule has 1 amide bonds. The number of amides is 1. The summed E-state index contributed by atoms with van der Waals surface area (Å²) in [5, 5.41) is 3.33. The number of aryl methyl sites for hydroxylation is 2. The van der Waals surface area contributed by atoms with Gasteiger partial charge in [0.2, 0.25) is 0 Å². The highest BCUT2D eigenvalue weighted by Crippen LogP contribution is 2.32. The molecule has 0 aromatic heterocycles. The summed E-state index contributed by atoms with van der Waals surface area (Å²) in [4.78, 5) is 28.8. The third kappa shape index (κ3) is 5.88. The van der Waals surface area contributed by atoms with E-state index in [0.29, 0.717) is 28.2 Å². The molecule has 1 fully saturated rings. The average Bonchev–Trinajstić information content (AvgIpc) is 3.08. The highest BCUT2D eigenvalue weighted by molar-refractivity contribution is 8.18. The topological polar surface area (TPSA) is 86.2 Å². The number of nitrogens with one attached hydrogen (secondary N) is 1. The van der Waals surface area contributed by atoms with E-state index in [1.165, 1.54) is 24.4 Å². The standard InChI is InChI=1S/C23H24N2O5S/c1-5-29-19-11-16(7-9-18(19)30-13-21(26)28-4)12-20-22(27)25-23(31-20)24-17-8-6-14(2)15(3)10-17/h6-12H,5,13H2,1-4H3,(H,24,25,27)/b20-12+. The molecule has 0 radical (unpaired) electrons. The number of aliphatic imine (C=N–C) groups is 1. The molecular formula is C23H24N2O5S. The number of ether oxygens (including phenoxy) is 3. The fourth-order valence-electron chi connectivity index (χ4n) is 2.74. The maximum absolute atomic E-state index is 12.4. The molecule has 2 aromatic carbocycles. The van der Waals surface area contributed by atoms with Crippen molar-refractivity contribution in [2.75, 3.05) is 20.3 Å². The van der Waals surface area contributed by atoms with Crippen LogP contribution in [-0.2, 0) is 14.3 Å². The van der Waals surface area contributed by atoms with Crippen molar-refractivity contribution in [3.8, 4) is 11.5 Å². The van der Waals surface area contributed by atoms with E-state index in [-0.39, 0.29) is 12.5 Å². The minimum Gasteiger partial charge on any atom is -0.490 e. The molecule has 2 aromatic rings. The lowest BCUT2D eigenvalue weighted by atomic mass is 10.1. The molecule has 31 heavy (non-hydrogen) atoms. The van der Waals surface area contributed by atoms with Gasteiger partial charge in [-0.25, -0.2) is 9.79 Å². The number of methoxy groups -OCH3 is 1. The number of rotatable bonds is 7. The first-order valence-electron chi connectivity index (χ1n) is 9.73. The number of nitrogens with zero attached hydrogens (tertiary/aromatic N) is 1. The van der Waals surface area contributed by atoms with E-state index in [1.54, 1.807) is 24.3 Å². The fourth-order valence-corrected chi connectivity index (χ4v) is 3.58. The molecule has 1 aliphatic rings. The van der Waals surface area contributed by atoms with Crippen molar-refractivity contribution >= 4 is 40.6 Å². The number of hydrogen-bond acceptors (Lipinski definition) is 7. The van der Waals surface area contributed by atoms with Crippen LogP contribution >= 0.6 is 11.8 Å². The SMILES string of the molecule is CCOc1cc(/C=C2/SC(=Nc3ccc(C)c(C)c3)NC2=O)ccc1OCC(=O)OC. The van der Waals surface area contributed by atoms with Gasteiger partial charge in [-0.1, -0.05) is 12.1 Å². The summed E-state index contributed by atoms with van der Waals surface area (Å²) in [5.74, 6) is 0.211. The van der Waals surface area contributed by atoms with Crippen LogP contribution in [0.4, 0.5) is 5.69 Å². The Morgan fingerprint density at radius 3 is 2.61 bits per heavy atom. The van der Waals surface area contributed by atoms with E-state index in [9.17, 15) is 9.59 Å². The Hall–Kier alpha value is -3.26. The third-order valence-corrected chi connectivity index (χ3v) is 5.42. The molecule has 1 aliphatic heterocycles. The van der Waals surface area contributed by atoms with E-state index in [1.807, 2.05) is 39.0 Å². The van der Waals surface area contributed by atoms with Gasteiger partial charge in [-0.2, -0.15) is 0 Å². The van der Waals surface area contributed by atoms with Gasteiger partial charge < -0.3 is 19.5 Å². The van der Waals surface area contributed by atoms with Crippen LogP contribution in [0.5, 0.6) is 11.5 Å². The van der Waals surface area contributed by atoms with Crippen molar-refractivity contribution in [1.29, 1.82) is 0 Å². The van der Waals surface area contributed by atoms with Crippen LogP contribution in [0.1, 0.15) is 23.6 Å². The smallest absolute Gasteiger partial charge is 0.343 e. The maximum atomic E-state index is 12.4. The first-order chi connectivity index (χ1) is 14.9. The molecule has 7 nitrogen and oxygen atoms in total. The van der Waals surface area contributed by atoms with Gasteiger partial charge in [0.1, 0.15) is 0 Å². The Morgan fingerprint density at radius 2 is 1.90 bits per heavy atom. The summed E-state index contributed by atoms with van der Waals surface area (Å²) in [7, 11) is 1.30. The van der Waals surface area contributed by atoms with Crippen LogP contribution in [0.25, 0.3) is 6.08 Å². The molecule has 0 unspecified atom stereocenters. The maximum Gasteiger partial charge on any atom is 0.343 e. The highest BCUT2D eigenvalue weighted by atomic mass is 32.2. The quantitative estimate of drug-likeness (QED) is 0.514. The number of esters is 1. The third-order valence-electron chi connectivity index (χ3n) is 4.51. The van der Waals surface area contributed by atoms with Crippen LogP contribution in [-0.4, -0.2) is 37.4 Å². The Morgan fingerprint density at radius 1 is 1.10 bits per heavy atom. The van der Waals surface area contributed by atoms with E-state index in [0.717, 1.165) is 16.8 Å². The largest absolute Gasteiger partial charge is 0.490 e. The van der Waals surface area contributed by atoms with Crippen LogP contribution in [0.15, 0.2) is 46.3 Å². The van der Waals surface area contributed by atoms with Gasteiger partial charge in [0, 0.05) is 0 Å². The van der Waals surface area contributed by atoms with E-state index < -0.39 is 5.97 Å². The molecule has 1 N–H and O–H groups in total. The van der Waals surface area contributed by atoms with Crippen molar-refractivity contribution in [2.24, 2.45) is 4.99 Å². The molecule has 1 heterocycles. The predicted molar refractivity (Wildman–Crippen MR) is 122 cm³/mol. The minimum absolute atomic E-state index is 0.212. The number of carbonyl (C=O) groups excluding carboxylic acids is 2. The van der Waals surface area contributed by atoms with Crippen molar-refractivity contribution in [2.45, 2.75) is 20.8 Å². The van der Waals surface area contributed by atoms with Gasteiger partial charge in [0.25, 0.3) is 5.91 Å². The van der Waals surface area contributed by atoms with Gasteiger partial charge in [0.05, 0.1) is 24.3 Å². The lowest BCUT2D eigenvalue weighted by Gasteiger charge is -2.12. The summed E-state index contributed by atoms with van der Waals surface area (Å²) in [6, 6.07) is 11.2. The Kier molecular flexibility index (Phi) is 7.36. The van der Waals surface area contributed by atoms with Gasteiger partial charge >= 0.3 is 5.97 Å². The van der Waals surface area contributed by atoms with E-state index >= 15 is 0 Å². The zero-order chi connectivity index (χ0) is 22.4. The molecule has 3 rings (SSSR count). The summed E-state index contributed by atoms with van der Waals surface area (Å²) in [5.41, 5.74) is 3.89. The highest BCUT2D eigenvalue weighted by Gasteiger charge is 2.24. The Balaban J connectivity index is 1.79. The normalized spacial score (nSPS) is 15.8. The Bertz CT molecular complexity index is 1060. The van der Waals surface area contributed by atoms with Gasteiger partial charge in [0.15, 0.2) is 23.3 Å². The number of thioether (sulfide) groups is 1. The van der Waals surface area contributed by atoms with Crippen molar-refractivity contribution in [1.82, 2.24) is 5.32 Å². The zero-order valence-corrected chi connectivity index (χ0v) is 18.7. The van der Waals surface area contributed by atoms with Crippen molar-refractivity contribution in [3.63, 3.8) is 0 Å². The fraction of sp³-hybridized carbons (Fsp3) is 0.261. The van der Waals surface area contributed by atoms with Crippen molar-refractivity contribution < 1.29 is 23.8 Å². The lowest BCUT2D eigenvalue weighted by Crippen LogP contribution is -2.19. The van der Waals surface area contributed by atoms with Crippen molar-refractivity contribution in [3.05, 3.63) is 58.0 Å². The Labute approximate surface area is 185 Å². The second kappa shape index (κ2) is 10.2. The summed E-state index contributed by atoms with van der Waals surface area (Å²) in [6.07, 6.45) is 1.76. The van der Waals surface area contributed by atoms with Crippen LogP contribution in [0.2, 0.25) is 0 Å². The van der Waals surface area contributed by atoms with Gasteiger partial charge in [-0.15, -0.1) is 0 Å². The monoisotopic (exact) mass is 440 g/mol. The molecule has 0 bridgehead atoms. The molecular weight excluding hydrogens is 416 g/mol. The lowest BCUT2D eigenvalue weighted by molar-refractivity contribution is -0.142. The minimum atomic E-state index is -0.483. The van der Waals surface area contributed by atoms with Crippen LogP contribution in [0, 0.1) is 13.8 Å². The second-order valence-electron chi connectivity index (χ2n) is 6.75. The molecule has 1 saturated heterocycles. The van der Waals surface area contributed by atoms with E-state index in [4.69, 9.17) is 9.47 Å². The summed E-state index contributed by atoms with van der Waals surface area (Å²) >= 11 is 1.28. The summed E-state index contributed by atoms with van der Waals surface area (Å²) in [6.45, 7) is 6.13. The van der Waals surface area contributed by atoms with Gasteiger partial charge in [-0.05, 0) is 79.6 Å². The number of amidine groups is 1. The first kappa shape index (κ1) is 22.4. The number of hydrogen-bond donors (Lipinski definition) is 1. The average molecular weight is 441 g/mol. The predicted octanol–water partition coefficient (Wildman–Crippen LogP) is 4.15. The molecule has 162 valence electrons. The summed E-state index contributed by atoms with van der Waals surface area (Å²) < 4.78 is 15.7. The number of benzene rings is 2. The first-order valence-corrected chi connectivity index (χ1v) is 10.5. The van der Waals surface area contributed by atoms with Crippen LogP contribution in [0.3, 0.4) is 0 Å². The van der Waals surface area contributed by atoms with Gasteiger partial charge in [-0.3, -0.25) is 4.79 Å². The molecule has 0 aliphatic carbocycles. The molecule has 0 spiro atoms. The zero-order valence-electron chi connectivity index (χ0n) is 17.9. The molecule has 0 atom stereocenters. The molecule has 0 saturated carbocycles. The van der Waals surface area contributed by atoms with Crippen LogP contribution < -0.4 is 14.8 Å². The molecule has 8 heteroatoms. The number of carbonyl (C=O) groups is 2.